The highest BCUT2D eigenvalue weighted by Crippen LogP contribution is 2.13. The van der Waals surface area contributed by atoms with Gasteiger partial charge in [-0.25, -0.2) is 0 Å². The lowest BCUT2D eigenvalue weighted by Gasteiger charge is -2.24. The van der Waals surface area contributed by atoms with Gasteiger partial charge in [0.2, 0.25) is 5.89 Å². The van der Waals surface area contributed by atoms with Gasteiger partial charge in [0.1, 0.15) is 0 Å². The molecule has 4 nitrogen and oxygen atoms in total. The molecule has 1 aromatic heterocycles. The number of likely N-dealkylation sites (tertiary alicyclic amines) is 1. The molecule has 1 aliphatic heterocycles. The van der Waals surface area contributed by atoms with Crippen LogP contribution in [0, 0.1) is 0 Å². The summed E-state index contributed by atoms with van der Waals surface area (Å²) in [6, 6.07) is 10.2. The van der Waals surface area contributed by atoms with Crippen LogP contribution in [-0.2, 0) is 13.0 Å². The van der Waals surface area contributed by atoms with Gasteiger partial charge in [-0.15, -0.1) is 0 Å². The van der Waals surface area contributed by atoms with Crippen LogP contribution in [0.4, 0.5) is 0 Å². The van der Waals surface area contributed by atoms with Crippen LogP contribution in [0.3, 0.4) is 0 Å². The fourth-order valence-electron chi connectivity index (χ4n) is 2.51. The summed E-state index contributed by atoms with van der Waals surface area (Å²) in [6.45, 7) is 3.09. The highest BCUT2D eigenvalue weighted by Gasteiger charge is 2.14. The minimum absolute atomic E-state index is 0.740. The average molecular weight is 257 g/mol. The second-order valence-corrected chi connectivity index (χ2v) is 5.10. The molecule has 0 radical (unpaired) electrons. The summed E-state index contributed by atoms with van der Waals surface area (Å²) >= 11 is 0. The lowest BCUT2D eigenvalue weighted by Crippen LogP contribution is -2.29. The number of benzene rings is 1. The molecule has 0 spiro atoms. The van der Waals surface area contributed by atoms with E-state index in [-0.39, 0.29) is 0 Å². The van der Waals surface area contributed by atoms with Crippen LogP contribution in [-0.4, -0.2) is 28.1 Å². The van der Waals surface area contributed by atoms with Crippen molar-refractivity contribution in [1.29, 1.82) is 0 Å². The Morgan fingerprint density at radius 3 is 2.63 bits per heavy atom. The molecule has 1 aliphatic rings. The zero-order chi connectivity index (χ0) is 12.9. The van der Waals surface area contributed by atoms with Crippen molar-refractivity contribution in [3.8, 4) is 0 Å². The van der Waals surface area contributed by atoms with Crippen molar-refractivity contribution < 1.29 is 4.52 Å². The van der Waals surface area contributed by atoms with Gasteiger partial charge in [-0.1, -0.05) is 41.9 Å². The lowest BCUT2D eigenvalue weighted by atomic mass is 10.1. The Labute approximate surface area is 113 Å². The smallest absolute Gasteiger partial charge is 0.240 e. The molecule has 3 rings (SSSR count). The van der Waals surface area contributed by atoms with E-state index in [2.05, 4.69) is 27.2 Å². The van der Waals surface area contributed by atoms with Crippen molar-refractivity contribution in [2.75, 3.05) is 13.1 Å². The Balaban J connectivity index is 1.59. The maximum Gasteiger partial charge on any atom is 0.240 e. The number of piperidine rings is 1. The Morgan fingerprint density at radius 2 is 1.84 bits per heavy atom. The minimum Gasteiger partial charge on any atom is -0.338 e. The van der Waals surface area contributed by atoms with Gasteiger partial charge in [0.25, 0.3) is 0 Å². The third-order valence-electron chi connectivity index (χ3n) is 3.52. The van der Waals surface area contributed by atoms with Gasteiger partial charge in [-0.2, -0.15) is 4.98 Å². The molecular formula is C15H19N3O. The standard InChI is InChI=1S/C15H19N3O/c1-3-7-13(8-4-1)11-14-16-15(19-17-14)12-18-9-5-2-6-10-18/h1,3-4,7-8H,2,5-6,9-12H2. The molecule has 4 heteroatoms. The number of aromatic nitrogens is 2. The molecule has 2 aromatic rings. The first kappa shape index (κ1) is 12.4. The Bertz CT molecular complexity index is 503. The Hall–Kier alpha value is -1.68. The summed E-state index contributed by atoms with van der Waals surface area (Å²) in [5.41, 5.74) is 1.22. The van der Waals surface area contributed by atoms with Crippen LogP contribution in [0.25, 0.3) is 0 Å². The van der Waals surface area contributed by atoms with Crippen molar-refractivity contribution in [2.24, 2.45) is 0 Å². The Morgan fingerprint density at radius 1 is 1.05 bits per heavy atom. The van der Waals surface area contributed by atoms with Crippen LogP contribution in [0.15, 0.2) is 34.9 Å². The molecule has 1 aromatic carbocycles. The third-order valence-corrected chi connectivity index (χ3v) is 3.52. The summed E-state index contributed by atoms with van der Waals surface area (Å²) in [7, 11) is 0. The fourth-order valence-corrected chi connectivity index (χ4v) is 2.51. The zero-order valence-electron chi connectivity index (χ0n) is 11.1. The molecule has 0 saturated carbocycles. The largest absolute Gasteiger partial charge is 0.338 e. The first-order chi connectivity index (χ1) is 9.40. The second kappa shape index (κ2) is 5.97. The predicted molar refractivity (Wildman–Crippen MR) is 72.7 cm³/mol. The number of hydrogen-bond acceptors (Lipinski definition) is 4. The first-order valence-corrected chi connectivity index (χ1v) is 6.98. The highest BCUT2D eigenvalue weighted by atomic mass is 16.5. The average Bonchev–Trinajstić information content (AvgIpc) is 2.88. The summed E-state index contributed by atoms with van der Waals surface area (Å²) < 4.78 is 5.34. The maximum atomic E-state index is 5.34. The predicted octanol–water partition coefficient (Wildman–Crippen LogP) is 2.65. The van der Waals surface area contributed by atoms with E-state index in [1.807, 2.05) is 18.2 Å². The van der Waals surface area contributed by atoms with E-state index in [1.165, 1.54) is 24.8 Å². The van der Waals surface area contributed by atoms with E-state index in [0.717, 1.165) is 37.8 Å². The van der Waals surface area contributed by atoms with E-state index >= 15 is 0 Å². The molecule has 100 valence electrons. The van der Waals surface area contributed by atoms with E-state index in [4.69, 9.17) is 4.52 Å². The molecule has 2 heterocycles. The Kier molecular flexibility index (Phi) is 3.89. The van der Waals surface area contributed by atoms with Crippen LogP contribution in [0.5, 0.6) is 0 Å². The van der Waals surface area contributed by atoms with Crippen LogP contribution in [0.1, 0.15) is 36.5 Å². The molecular weight excluding hydrogens is 238 g/mol. The minimum atomic E-state index is 0.740. The van der Waals surface area contributed by atoms with E-state index in [9.17, 15) is 0 Å². The van der Waals surface area contributed by atoms with Gasteiger partial charge >= 0.3 is 0 Å². The van der Waals surface area contributed by atoms with Crippen LogP contribution in [0.2, 0.25) is 0 Å². The quantitative estimate of drug-likeness (QED) is 0.844. The van der Waals surface area contributed by atoms with Gasteiger partial charge in [-0.3, -0.25) is 4.90 Å². The number of nitrogens with zero attached hydrogens (tertiary/aromatic N) is 3. The summed E-state index contributed by atoms with van der Waals surface area (Å²) in [4.78, 5) is 6.87. The summed E-state index contributed by atoms with van der Waals surface area (Å²) in [6.07, 6.45) is 4.65. The van der Waals surface area contributed by atoms with Gasteiger partial charge in [0, 0.05) is 6.42 Å². The molecule has 1 saturated heterocycles. The van der Waals surface area contributed by atoms with Crippen LogP contribution < -0.4 is 0 Å². The fraction of sp³-hybridized carbons (Fsp3) is 0.467. The third kappa shape index (κ3) is 3.41. The van der Waals surface area contributed by atoms with Gasteiger partial charge < -0.3 is 4.52 Å². The SMILES string of the molecule is c1ccc(Cc2noc(CN3CCCCC3)n2)cc1. The first-order valence-electron chi connectivity index (χ1n) is 6.98. The zero-order valence-corrected chi connectivity index (χ0v) is 11.1. The lowest BCUT2D eigenvalue weighted by molar-refractivity contribution is 0.193. The van der Waals surface area contributed by atoms with E-state index < -0.39 is 0 Å². The van der Waals surface area contributed by atoms with Gasteiger partial charge in [0.15, 0.2) is 5.82 Å². The van der Waals surface area contributed by atoms with Gasteiger partial charge in [0.05, 0.1) is 6.54 Å². The molecule has 0 aliphatic carbocycles. The monoisotopic (exact) mass is 257 g/mol. The van der Waals surface area contributed by atoms with Crippen molar-refractivity contribution in [2.45, 2.75) is 32.2 Å². The normalized spacial score (nSPS) is 16.6. The summed E-state index contributed by atoms with van der Waals surface area (Å²) in [5, 5.41) is 4.06. The number of hydrogen-bond donors (Lipinski definition) is 0. The molecule has 0 bridgehead atoms. The molecule has 0 atom stereocenters. The number of rotatable bonds is 4. The van der Waals surface area contributed by atoms with Crippen molar-refractivity contribution in [3.05, 3.63) is 47.6 Å². The molecule has 19 heavy (non-hydrogen) atoms. The molecule has 0 amide bonds. The van der Waals surface area contributed by atoms with Crippen molar-refractivity contribution in [3.63, 3.8) is 0 Å². The second-order valence-electron chi connectivity index (χ2n) is 5.10. The van der Waals surface area contributed by atoms with E-state index in [0.29, 0.717) is 0 Å². The maximum absolute atomic E-state index is 5.34. The van der Waals surface area contributed by atoms with Crippen molar-refractivity contribution >= 4 is 0 Å². The summed E-state index contributed by atoms with van der Waals surface area (Å²) in [5.74, 6) is 1.52. The molecule has 0 unspecified atom stereocenters. The highest BCUT2D eigenvalue weighted by molar-refractivity contribution is 5.18. The van der Waals surface area contributed by atoms with Crippen LogP contribution >= 0.6 is 0 Å². The van der Waals surface area contributed by atoms with Crippen molar-refractivity contribution in [1.82, 2.24) is 15.0 Å². The van der Waals surface area contributed by atoms with Gasteiger partial charge in [-0.05, 0) is 31.5 Å². The molecule has 0 N–H and O–H groups in total. The topological polar surface area (TPSA) is 42.2 Å². The molecule has 1 fully saturated rings. The van der Waals surface area contributed by atoms with E-state index in [1.54, 1.807) is 0 Å².